The fraction of sp³-hybridized carbons (Fsp3) is 0.368. The zero-order valence-corrected chi connectivity index (χ0v) is 15.9. The van der Waals surface area contributed by atoms with Crippen LogP contribution in [-0.2, 0) is 15.0 Å². The minimum absolute atomic E-state index is 0.0182. The van der Waals surface area contributed by atoms with E-state index in [9.17, 15) is 9.18 Å². The van der Waals surface area contributed by atoms with Gasteiger partial charge in [-0.2, -0.15) is 0 Å². The molecule has 1 aromatic carbocycles. The van der Waals surface area contributed by atoms with Crippen LogP contribution in [0.5, 0.6) is 5.88 Å². The number of anilines is 1. The molecule has 2 aliphatic rings. The summed E-state index contributed by atoms with van der Waals surface area (Å²) in [6.45, 7) is 2.67. The second-order valence-corrected chi connectivity index (χ2v) is 7.25. The first-order valence-electron chi connectivity index (χ1n) is 8.90. The van der Waals surface area contributed by atoms with Gasteiger partial charge in [0.25, 0.3) is 11.9 Å². The van der Waals surface area contributed by atoms with E-state index in [0.717, 1.165) is 0 Å². The fourth-order valence-electron chi connectivity index (χ4n) is 3.62. The number of hydrogen-bond acceptors (Lipinski definition) is 8. The first-order chi connectivity index (χ1) is 13.9. The van der Waals surface area contributed by atoms with E-state index in [1.165, 1.54) is 31.6 Å². The van der Waals surface area contributed by atoms with E-state index in [2.05, 4.69) is 20.3 Å². The van der Waals surface area contributed by atoms with Crippen molar-refractivity contribution >= 4 is 17.6 Å². The van der Waals surface area contributed by atoms with Crippen LogP contribution in [0.3, 0.4) is 0 Å². The Morgan fingerprint density at radius 2 is 2.10 bits per heavy atom. The number of methoxy groups -OCH3 is 1. The van der Waals surface area contributed by atoms with Crippen molar-refractivity contribution < 1.29 is 23.4 Å². The lowest BCUT2D eigenvalue weighted by molar-refractivity contribution is 0.0665. The van der Waals surface area contributed by atoms with Gasteiger partial charge in [-0.25, -0.2) is 19.4 Å². The highest BCUT2D eigenvalue weighted by molar-refractivity contribution is 6.02. The third-order valence-corrected chi connectivity index (χ3v) is 5.31. The number of aliphatic imine (C=N–C) groups is 1. The molecule has 1 aromatic heterocycles. The zero-order valence-electron chi connectivity index (χ0n) is 15.9. The lowest BCUT2D eigenvalue weighted by Crippen LogP contribution is -2.50. The van der Waals surface area contributed by atoms with Gasteiger partial charge < -0.3 is 25.3 Å². The average molecular weight is 401 g/mol. The second-order valence-electron chi connectivity index (χ2n) is 7.25. The molecule has 0 bridgehead atoms. The molecule has 1 saturated heterocycles. The number of halogens is 1. The maximum atomic E-state index is 14.9. The van der Waals surface area contributed by atoms with Gasteiger partial charge in [-0.05, 0) is 18.2 Å². The first kappa shape index (κ1) is 19.1. The Kier molecular flexibility index (Phi) is 4.58. The van der Waals surface area contributed by atoms with E-state index in [1.807, 2.05) is 6.92 Å². The van der Waals surface area contributed by atoms with Crippen molar-refractivity contribution in [2.24, 2.45) is 16.1 Å². The monoisotopic (exact) mass is 401 g/mol. The highest BCUT2D eigenvalue weighted by atomic mass is 19.1. The number of nitrogens with one attached hydrogen (secondary N) is 1. The van der Waals surface area contributed by atoms with Gasteiger partial charge in [0.05, 0.1) is 38.1 Å². The highest BCUT2D eigenvalue weighted by Gasteiger charge is 2.58. The van der Waals surface area contributed by atoms with Crippen LogP contribution < -0.4 is 15.8 Å². The molecule has 2 aromatic rings. The number of nitrogens with zero attached hydrogens (tertiary/aromatic N) is 3. The van der Waals surface area contributed by atoms with E-state index < -0.39 is 22.7 Å². The Morgan fingerprint density at radius 3 is 2.83 bits per heavy atom. The van der Waals surface area contributed by atoms with Crippen molar-refractivity contribution in [3.8, 4) is 5.88 Å². The Bertz CT molecular complexity index is 983. The molecule has 0 spiro atoms. The van der Waals surface area contributed by atoms with Crippen LogP contribution in [0.1, 0.15) is 23.0 Å². The standard InChI is InChI=1S/C19H20FN5O4/c1-18-8-28-10-19(18,25-17(21)29-9-18)12-5-11(3-4-13(12)20)24-16(26)14-6-23-15(27-2)7-22-14/h3-7H,8-10H2,1-2H3,(H2,21,25)(H,24,26). The molecule has 152 valence electrons. The van der Waals surface area contributed by atoms with Gasteiger partial charge in [0.1, 0.15) is 23.7 Å². The summed E-state index contributed by atoms with van der Waals surface area (Å²) < 4.78 is 30.8. The maximum Gasteiger partial charge on any atom is 0.282 e. The quantitative estimate of drug-likeness (QED) is 0.795. The number of ether oxygens (including phenoxy) is 3. The second kappa shape index (κ2) is 6.96. The van der Waals surface area contributed by atoms with Crippen molar-refractivity contribution in [2.75, 3.05) is 32.2 Å². The molecule has 10 heteroatoms. The van der Waals surface area contributed by atoms with Crippen LogP contribution in [-0.4, -0.2) is 48.8 Å². The molecule has 2 unspecified atom stereocenters. The van der Waals surface area contributed by atoms with Gasteiger partial charge >= 0.3 is 0 Å². The summed E-state index contributed by atoms with van der Waals surface area (Å²) >= 11 is 0. The lowest BCUT2D eigenvalue weighted by atomic mass is 9.69. The van der Waals surface area contributed by atoms with Gasteiger partial charge in [-0.15, -0.1) is 0 Å². The molecule has 1 amide bonds. The summed E-state index contributed by atoms with van der Waals surface area (Å²) in [7, 11) is 1.45. The van der Waals surface area contributed by atoms with Crippen LogP contribution in [0, 0.1) is 11.2 Å². The molecule has 2 aliphatic heterocycles. The third-order valence-electron chi connectivity index (χ3n) is 5.31. The number of aromatic nitrogens is 2. The third kappa shape index (κ3) is 3.15. The predicted molar refractivity (Wildman–Crippen MR) is 101 cm³/mol. The summed E-state index contributed by atoms with van der Waals surface area (Å²) in [5.41, 5.74) is 4.91. The average Bonchev–Trinajstić information content (AvgIpc) is 3.06. The maximum absolute atomic E-state index is 14.9. The normalized spacial score (nSPS) is 25.6. The molecule has 1 fully saturated rings. The minimum Gasteiger partial charge on any atom is -0.480 e. The minimum atomic E-state index is -1.04. The highest BCUT2D eigenvalue weighted by Crippen LogP contribution is 2.51. The molecular weight excluding hydrogens is 381 g/mol. The number of hydrogen-bond donors (Lipinski definition) is 2. The van der Waals surface area contributed by atoms with Crippen molar-refractivity contribution in [3.63, 3.8) is 0 Å². The van der Waals surface area contributed by atoms with E-state index in [0.29, 0.717) is 18.2 Å². The largest absolute Gasteiger partial charge is 0.480 e. The summed E-state index contributed by atoms with van der Waals surface area (Å²) in [6.07, 6.45) is 2.63. The zero-order chi connectivity index (χ0) is 20.6. The number of benzene rings is 1. The molecule has 0 aliphatic carbocycles. The Balaban J connectivity index is 1.67. The fourth-order valence-corrected chi connectivity index (χ4v) is 3.62. The van der Waals surface area contributed by atoms with E-state index in [1.54, 1.807) is 6.07 Å². The topological polar surface area (TPSA) is 121 Å². The Labute approximate surface area is 166 Å². The van der Waals surface area contributed by atoms with Gasteiger partial charge in [0, 0.05) is 11.3 Å². The smallest absolute Gasteiger partial charge is 0.282 e. The Hall–Kier alpha value is -3.27. The number of fused-ring (bicyclic) bond motifs is 1. The number of nitrogens with two attached hydrogens (primary N) is 1. The van der Waals surface area contributed by atoms with Gasteiger partial charge in [0.2, 0.25) is 5.88 Å². The summed E-state index contributed by atoms with van der Waals surface area (Å²) in [5.74, 6) is -0.668. The van der Waals surface area contributed by atoms with E-state index >= 15 is 0 Å². The van der Waals surface area contributed by atoms with Crippen molar-refractivity contribution in [1.82, 2.24) is 9.97 Å². The van der Waals surface area contributed by atoms with Gasteiger partial charge in [0.15, 0.2) is 0 Å². The number of rotatable bonds is 4. The first-order valence-corrected chi connectivity index (χ1v) is 8.90. The Morgan fingerprint density at radius 1 is 1.28 bits per heavy atom. The molecule has 0 saturated carbocycles. The number of amides is 1. The van der Waals surface area contributed by atoms with Crippen molar-refractivity contribution in [1.29, 1.82) is 0 Å². The molecule has 29 heavy (non-hydrogen) atoms. The van der Waals surface area contributed by atoms with Gasteiger partial charge in [-0.1, -0.05) is 6.92 Å². The van der Waals surface area contributed by atoms with E-state index in [-0.39, 0.29) is 30.5 Å². The number of amidine groups is 1. The summed E-state index contributed by atoms with van der Waals surface area (Å²) in [5, 5.41) is 2.70. The van der Waals surface area contributed by atoms with Crippen LogP contribution in [0.15, 0.2) is 35.6 Å². The molecular formula is C19H20FN5O4. The molecule has 0 radical (unpaired) electrons. The summed E-state index contributed by atoms with van der Waals surface area (Å²) in [4.78, 5) is 24.9. The lowest BCUT2D eigenvalue weighted by Gasteiger charge is -2.42. The SMILES string of the molecule is COc1cnc(C(=O)Nc2ccc(F)c(C34COCC3(C)COC(N)=N4)c2)cn1. The number of carbonyl (C=O) groups excluding carboxylic acids is 1. The molecule has 2 atom stereocenters. The van der Waals surface area contributed by atoms with Crippen LogP contribution in [0.2, 0.25) is 0 Å². The van der Waals surface area contributed by atoms with Gasteiger partial charge in [-0.3, -0.25) is 4.79 Å². The number of carbonyl (C=O) groups is 1. The molecule has 3 heterocycles. The van der Waals surface area contributed by atoms with Crippen molar-refractivity contribution in [3.05, 3.63) is 47.7 Å². The molecule has 9 nitrogen and oxygen atoms in total. The van der Waals surface area contributed by atoms with Crippen molar-refractivity contribution in [2.45, 2.75) is 12.5 Å². The van der Waals surface area contributed by atoms with Crippen LogP contribution in [0.4, 0.5) is 10.1 Å². The molecule has 3 N–H and O–H groups in total. The summed E-state index contributed by atoms with van der Waals surface area (Å²) in [6, 6.07) is 4.26. The van der Waals surface area contributed by atoms with E-state index in [4.69, 9.17) is 19.9 Å². The van der Waals surface area contributed by atoms with Crippen LogP contribution in [0.25, 0.3) is 0 Å². The van der Waals surface area contributed by atoms with Crippen LogP contribution >= 0.6 is 0 Å². The molecule has 4 rings (SSSR count). The predicted octanol–water partition coefficient (Wildman–Crippen LogP) is 1.45.